The van der Waals surface area contributed by atoms with E-state index >= 15 is 0 Å². The highest BCUT2D eigenvalue weighted by Crippen LogP contribution is 2.33. The van der Waals surface area contributed by atoms with Crippen LogP contribution < -0.4 is 5.32 Å². The number of imidazole rings is 1. The van der Waals surface area contributed by atoms with Gasteiger partial charge in [-0.15, -0.1) is 0 Å². The monoisotopic (exact) mass is 193 g/mol. The number of hydrogen-bond acceptors (Lipinski definition) is 2. The van der Waals surface area contributed by atoms with Crippen LogP contribution in [0.5, 0.6) is 0 Å². The molecule has 1 aliphatic carbocycles. The molecule has 1 heterocycles. The van der Waals surface area contributed by atoms with Crippen LogP contribution >= 0.6 is 0 Å². The van der Waals surface area contributed by atoms with Gasteiger partial charge in [-0.05, 0) is 32.1 Å². The Balaban J connectivity index is 1.92. The predicted octanol–water partition coefficient (Wildman–Crippen LogP) is 2.25. The molecule has 1 aromatic heterocycles. The van der Waals surface area contributed by atoms with Gasteiger partial charge in [-0.3, -0.25) is 0 Å². The van der Waals surface area contributed by atoms with Crippen molar-refractivity contribution in [1.82, 2.24) is 15.3 Å². The molecule has 0 radical (unpaired) electrons. The fraction of sp³-hybridized carbons (Fsp3) is 0.727. The first-order valence-electron chi connectivity index (χ1n) is 5.56. The van der Waals surface area contributed by atoms with Crippen LogP contribution in [0.2, 0.25) is 0 Å². The Morgan fingerprint density at radius 2 is 2.43 bits per heavy atom. The van der Waals surface area contributed by atoms with Crippen molar-refractivity contribution in [1.29, 1.82) is 0 Å². The van der Waals surface area contributed by atoms with Crippen LogP contribution in [0.4, 0.5) is 0 Å². The van der Waals surface area contributed by atoms with Crippen LogP contribution in [0.15, 0.2) is 12.4 Å². The average molecular weight is 193 g/mol. The molecule has 1 fully saturated rings. The largest absolute Gasteiger partial charge is 0.347 e. The lowest BCUT2D eigenvalue weighted by Gasteiger charge is -2.20. The summed E-state index contributed by atoms with van der Waals surface area (Å²) >= 11 is 0. The standard InChI is InChI=1S/C11H19N3/c1-3-10(11-12-6-7-13-11)14-8(2)9-4-5-9/h6-10,14H,3-5H2,1-2H3,(H,12,13). The zero-order chi connectivity index (χ0) is 9.97. The van der Waals surface area contributed by atoms with E-state index in [1.807, 2.05) is 12.4 Å². The Bertz CT molecular complexity index is 264. The number of aromatic amines is 1. The molecule has 0 spiro atoms. The molecule has 2 atom stereocenters. The molecule has 78 valence electrons. The molecule has 3 nitrogen and oxygen atoms in total. The molecule has 0 bridgehead atoms. The summed E-state index contributed by atoms with van der Waals surface area (Å²) in [5.41, 5.74) is 0. The maximum atomic E-state index is 4.30. The summed E-state index contributed by atoms with van der Waals surface area (Å²) in [6.07, 6.45) is 7.58. The molecule has 14 heavy (non-hydrogen) atoms. The van der Waals surface area contributed by atoms with Crippen molar-refractivity contribution in [2.75, 3.05) is 0 Å². The highest BCUT2D eigenvalue weighted by Gasteiger charge is 2.29. The first-order chi connectivity index (χ1) is 6.81. The van der Waals surface area contributed by atoms with Crippen molar-refractivity contribution in [3.63, 3.8) is 0 Å². The molecular formula is C11H19N3. The first-order valence-corrected chi connectivity index (χ1v) is 5.56. The molecule has 2 unspecified atom stereocenters. The lowest BCUT2D eigenvalue weighted by molar-refractivity contribution is 0.403. The summed E-state index contributed by atoms with van der Waals surface area (Å²) in [6.45, 7) is 4.48. The van der Waals surface area contributed by atoms with E-state index < -0.39 is 0 Å². The van der Waals surface area contributed by atoms with Gasteiger partial charge in [0.1, 0.15) is 5.82 Å². The van der Waals surface area contributed by atoms with Crippen LogP contribution in [0.1, 0.15) is 45.0 Å². The Labute approximate surface area is 85.3 Å². The van der Waals surface area contributed by atoms with Gasteiger partial charge in [0.2, 0.25) is 0 Å². The smallest absolute Gasteiger partial charge is 0.123 e. The minimum atomic E-state index is 0.389. The van der Waals surface area contributed by atoms with Crippen molar-refractivity contribution < 1.29 is 0 Å². The quantitative estimate of drug-likeness (QED) is 0.753. The molecule has 0 aromatic carbocycles. The van der Waals surface area contributed by atoms with E-state index in [0.29, 0.717) is 12.1 Å². The minimum Gasteiger partial charge on any atom is -0.347 e. The Kier molecular flexibility index (Phi) is 2.87. The van der Waals surface area contributed by atoms with E-state index in [2.05, 4.69) is 29.1 Å². The fourth-order valence-corrected chi connectivity index (χ4v) is 1.91. The average Bonchev–Trinajstić information content (AvgIpc) is 2.91. The van der Waals surface area contributed by atoms with E-state index in [0.717, 1.165) is 18.2 Å². The van der Waals surface area contributed by atoms with Crippen LogP contribution in [-0.2, 0) is 0 Å². The number of nitrogens with zero attached hydrogens (tertiary/aromatic N) is 1. The predicted molar refractivity (Wildman–Crippen MR) is 56.9 cm³/mol. The minimum absolute atomic E-state index is 0.389. The van der Waals surface area contributed by atoms with Gasteiger partial charge in [0, 0.05) is 18.4 Å². The zero-order valence-electron chi connectivity index (χ0n) is 8.96. The van der Waals surface area contributed by atoms with Crippen LogP contribution in [0.3, 0.4) is 0 Å². The normalized spacial score (nSPS) is 20.7. The van der Waals surface area contributed by atoms with Crippen molar-refractivity contribution in [3.8, 4) is 0 Å². The maximum Gasteiger partial charge on any atom is 0.123 e. The third-order valence-corrected chi connectivity index (χ3v) is 3.05. The summed E-state index contributed by atoms with van der Waals surface area (Å²) in [7, 11) is 0. The number of H-pyrrole nitrogens is 1. The van der Waals surface area contributed by atoms with Gasteiger partial charge < -0.3 is 10.3 Å². The highest BCUT2D eigenvalue weighted by atomic mass is 15.0. The fourth-order valence-electron chi connectivity index (χ4n) is 1.91. The SMILES string of the molecule is CCC(NC(C)C1CC1)c1ncc[nH]1. The molecular weight excluding hydrogens is 174 g/mol. The second kappa shape index (κ2) is 4.13. The second-order valence-corrected chi connectivity index (χ2v) is 4.23. The third kappa shape index (κ3) is 2.15. The number of nitrogens with one attached hydrogen (secondary N) is 2. The summed E-state index contributed by atoms with van der Waals surface area (Å²) in [5, 5.41) is 3.64. The van der Waals surface area contributed by atoms with Crippen LogP contribution in [0, 0.1) is 5.92 Å². The molecule has 2 N–H and O–H groups in total. The molecule has 3 heteroatoms. The molecule has 2 rings (SSSR count). The Morgan fingerprint density at radius 3 is 2.93 bits per heavy atom. The van der Waals surface area contributed by atoms with Crippen molar-refractivity contribution in [2.45, 2.75) is 45.2 Å². The van der Waals surface area contributed by atoms with Crippen molar-refractivity contribution >= 4 is 0 Å². The van der Waals surface area contributed by atoms with Gasteiger partial charge in [-0.2, -0.15) is 0 Å². The lowest BCUT2D eigenvalue weighted by Crippen LogP contribution is -2.32. The molecule has 0 aliphatic heterocycles. The number of aromatic nitrogens is 2. The van der Waals surface area contributed by atoms with Crippen molar-refractivity contribution in [3.05, 3.63) is 18.2 Å². The molecule has 0 amide bonds. The summed E-state index contributed by atoms with van der Waals surface area (Å²) < 4.78 is 0. The van der Waals surface area contributed by atoms with Gasteiger partial charge in [0.25, 0.3) is 0 Å². The van der Waals surface area contributed by atoms with Crippen LogP contribution in [-0.4, -0.2) is 16.0 Å². The molecule has 1 aliphatic rings. The number of hydrogen-bond donors (Lipinski definition) is 2. The van der Waals surface area contributed by atoms with E-state index in [4.69, 9.17) is 0 Å². The molecule has 1 saturated carbocycles. The van der Waals surface area contributed by atoms with Gasteiger partial charge in [0.05, 0.1) is 6.04 Å². The first kappa shape index (κ1) is 9.71. The molecule has 0 saturated heterocycles. The van der Waals surface area contributed by atoms with Gasteiger partial charge in [0.15, 0.2) is 0 Å². The van der Waals surface area contributed by atoms with Gasteiger partial charge in [-0.1, -0.05) is 6.92 Å². The highest BCUT2D eigenvalue weighted by molar-refractivity contribution is 4.97. The second-order valence-electron chi connectivity index (χ2n) is 4.23. The summed E-state index contributed by atoms with van der Waals surface area (Å²) in [6, 6.07) is 1.02. The van der Waals surface area contributed by atoms with Gasteiger partial charge in [-0.25, -0.2) is 4.98 Å². The summed E-state index contributed by atoms with van der Waals surface area (Å²) in [4.78, 5) is 7.48. The zero-order valence-corrected chi connectivity index (χ0v) is 8.96. The van der Waals surface area contributed by atoms with Crippen LogP contribution in [0.25, 0.3) is 0 Å². The molecule has 1 aromatic rings. The van der Waals surface area contributed by atoms with E-state index in [1.165, 1.54) is 12.8 Å². The third-order valence-electron chi connectivity index (χ3n) is 3.05. The Morgan fingerprint density at radius 1 is 1.64 bits per heavy atom. The van der Waals surface area contributed by atoms with Crippen molar-refractivity contribution in [2.24, 2.45) is 5.92 Å². The topological polar surface area (TPSA) is 40.7 Å². The van der Waals surface area contributed by atoms with E-state index in [-0.39, 0.29) is 0 Å². The van der Waals surface area contributed by atoms with Gasteiger partial charge >= 0.3 is 0 Å². The van der Waals surface area contributed by atoms with E-state index in [9.17, 15) is 0 Å². The number of rotatable bonds is 5. The maximum absolute atomic E-state index is 4.30. The Hall–Kier alpha value is -0.830. The lowest BCUT2D eigenvalue weighted by atomic mass is 10.1. The summed E-state index contributed by atoms with van der Waals surface area (Å²) in [5.74, 6) is 1.97. The van der Waals surface area contributed by atoms with E-state index in [1.54, 1.807) is 0 Å².